The van der Waals surface area contributed by atoms with E-state index in [0.717, 1.165) is 24.2 Å². The molecule has 1 aliphatic heterocycles. The van der Waals surface area contributed by atoms with Gasteiger partial charge < -0.3 is 15.0 Å². The first-order chi connectivity index (χ1) is 13.5. The zero-order valence-corrected chi connectivity index (χ0v) is 16.8. The molecule has 0 aliphatic carbocycles. The maximum atomic E-state index is 12.2. The summed E-state index contributed by atoms with van der Waals surface area (Å²) >= 11 is 0. The first-order valence-corrected chi connectivity index (χ1v) is 9.88. The van der Waals surface area contributed by atoms with Crippen LogP contribution in [0.15, 0.2) is 42.5 Å². The van der Waals surface area contributed by atoms with E-state index < -0.39 is 0 Å². The van der Waals surface area contributed by atoms with Crippen LogP contribution < -0.4 is 10.1 Å². The van der Waals surface area contributed by atoms with E-state index in [1.54, 1.807) is 0 Å². The predicted octanol–water partition coefficient (Wildman–Crippen LogP) is 4.12. The Morgan fingerprint density at radius 1 is 1.11 bits per heavy atom. The van der Waals surface area contributed by atoms with Gasteiger partial charge in [-0.25, -0.2) is 0 Å². The van der Waals surface area contributed by atoms with E-state index in [1.807, 2.05) is 54.3 Å². The molecular weight excluding hydrogens is 352 g/mol. The van der Waals surface area contributed by atoms with Gasteiger partial charge in [0.2, 0.25) is 5.91 Å². The summed E-state index contributed by atoms with van der Waals surface area (Å²) in [5.74, 6) is 1.10. The molecule has 1 heterocycles. The number of rotatable bonds is 6. The Hall–Kier alpha value is -2.82. The van der Waals surface area contributed by atoms with Gasteiger partial charge in [-0.2, -0.15) is 0 Å². The van der Waals surface area contributed by atoms with Crippen molar-refractivity contribution in [3.05, 3.63) is 59.2 Å². The van der Waals surface area contributed by atoms with Gasteiger partial charge in [-0.3, -0.25) is 9.59 Å². The third kappa shape index (κ3) is 4.91. The molecule has 3 rings (SSSR count). The van der Waals surface area contributed by atoms with Crippen molar-refractivity contribution in [2.45, 2.75) is 46.1 Å². The molecule has 148 valence electrons. The van der Waals surface area contributed by atoms with Gasteiger partial charge in [0.05, 0.1) is 0 Å². The highest BCUT2D eigenvalue weighted by Crippen LogP contribution is 2.23. The summed E-state index contributed by atoms with van der Waals surface area (Å²) in [5, 5.41) is 2.88. The molecule has 2 aromatic carbocycles. The summed E-state index contributed by atoms with van der Waals surface area (Å²) in [5.41, 5.74) is 4.30. The van der Waals surface area contributed by atoms with E-state index in [0.29, 0.717) is 24.6 Å². The van der Waals surface area contributed by atoms with Crippen molar-refractivity contribution in [2.75, 3.05) is 18.5 Å². The number of benzene rings is 2. The molecule has 2 aromatic rings. The van der Waals surface area contributed by atoms with E-state index in [4.69, 9.17) is 4.74 Å². The highest BCUT2D eigenvalue weighted by Gasteiger charge is 2.20. The van der Waals surface area contributed by atoms with Crippen molar-refractivity contribution in [3.8, 4) is 5.75 Å². The van der Waals surface area contributed by atoms with E-state index >= 15 is 0 Å². The molecule has 0 atom stereocenters. The lowest BCUT2D eigenvalue weighted by Crippen LogP contribution is -2.35. The van der Waals surface area contributed by atoms with Crippen molar-refractivity contribution in [1.29, 1.82) is 0 Å². The molecule has 0 saturated carbocycles. The van der Waals surface area contributed by atoms with Gasteiger partial charge in [0.1, 0.15) is 5.75 Å². The van der Waals surface area contributed by atoms with E-state index in [-0.39, 0.29) is 18.4 Å². The number of amides is 2. The van der Waals surface area contributed by atoms with Gasteiger partial charge in [-0.15, -0.1) is 0 Å². The van der Waals surface area contributed by atoms with Crippen LogP contribution in [0.3, 0.4) is 0 Å². The molecule has 0 unspecified atom stereocenters. The van der Waals surface area contributed by atoms with Crippen LogP contribution in [-0.2, 0) is 22.6 Å². The molecule has 1 N–H and O–H groups in total. The molecule has 28 heavy (non-hydrogen) atoms. The van der Waals surface area contributed by atoms with Crippen LogP contribution in [0.2, 0.25) is 0 Å². The monoisotopic (exact) mass is 380 g/mol. The predicted molar refractivity (Wildman–Crippen MR) is 111 cm³/mol. The summed E-state index contributed by atoms with van der Waals surface area (Å²) in [6.45, 7) is 7.47. The first kappa shape index (κ1) is 19.9. The van der Waals surface area contributed by atoms with Crippen molar-refractivity contribution in [1.82, 2.24) is 4.90 Å². The summed E-state index contributed by atoms with van der Waals surface area (Å²) in [4.78, 5) is 26.1. The Bertz CT molecular complexity index is 843. The molecule has 0 saturated heterocycles. The van der Waals surface area contributed by atoms with E-state index in [2.05, 4.69) is 19.2 Å². The summed E-state index contributed by atoms with van der Waals surface area (Å²) < 4.78 is 5.59. The SMILES string of the molecule is CCC(=O)N1CCc2ccc(NC(=O)COc3ccc(C(C)C)cc3)cc2C1. The lowest BCUT2D eigenvalue weighted by Gasteiger charge is -2.29. The number of hydrogen-bond acceptors (Lipinski definition) is 3. The fourth-order valence-corrected chi connectivity index (χ4v) is 3.37. The van der Waals surface area contributed by atoms with Crippen LogP contribution in [0.1, 0.15) is 49.8 Å². The quantitative estimate of drug-likeness (QED) is 0.820. The highest BCUT2D eigenvalue weighted by atomic mass is 16.5. The number of nitrogens with zero attached hydrogens (tertiary/aromatic N) is 1. The topological polar surface area (TPSA) is 58.6 Å². The standard InChI is InChI=1S/C23H28N2O3/c1-4-23(27)25-12-11-18-5-8-20(13-19(18)14-25)24-22(26)15-28-21-9-6-17(7-10-21)16(2)3/h5-10,13,16H,4,11-12,14-15H2,1-3H3,(H,24,26). The zero-order valence-electron chi connectivity index (χ0n) is 16.8. The second kappa shape index (κ2) is 8.91. The molecule has 1 aliphatic rings. The van der Waals surface area contributed by atoms with E-state index in [1.165, 1.54) is 11.1 Å². The third-order valence-electron chi connectivity index (χ3n) is 5.07. The molecular formula is C23H28N2O3. The largest absolute Gasteiger partial charge is 0.484 e. The number of fused-ring (bicyclic) bond motifs is 1. The van der Waals surface area contributed by atoms with Gasteiger partial charge in [0.15, 0.2) is 6.61 Å². The Morgan fingerprint density at radius 3 is 2.54 bits per heavy atom. The summed E-state index contributed by atoms with van der Waals surface area (Å²) in [7, 11) is 0. The average molecular weight is 380 g/mol. The van der Waals surface area contributed by atoms with Crippen LogP contribution in [-0.4, -0.2) is 29.9 Å². The number of ether oxygens (including phenoxy) is 1. The molecule has 0 spiro atoms. The molecule has 5 heteroatoms. The van der Waals surface area contributed by atoms with E-state index in [9.17, 15) is 9.59 Å². The van der Waals surface area contributed by atoms with Gasteiger partial charge >= 0.3 is 0 Å². The molecule has 2 amide bonds. The Morgan fingerprint density at radius 2 is 1.86 bits per heavy atom. The fourth-order valence-electron chi connectivity index (χ4n) is 3.37. The van der Waals surface area contributed by atoms with Crippen molar-refractivity contribution >= 4 is 17.5 Å². The highest BCUT2D eigenvalue weighted by molar-refractivity contribution is 5.92. The van der Waals surface area contributed by atoms with Gasteiger partial charge in [0.25, 0.3) is 5.91 Å². The number of carbonyl (C=O) groups is 2. The number of hydrogen-bond donors (Lipinski definition) is 1. The molecule has 0 bridgehead atoms. The van der Waals surface area contributed by atoms with Crippen LogP contribution in [0.5, 0.6) is 5.75 Å². The minimum Gasteiger partial charge on any atom is -0.484 e. The number of carbonyl (C=O) groups excluding carboxylic acids is 2. The minimum atomic E-state index is -0.204. The van der Waals surface area contributed by atoms with Crippen LogP contribution in [0, 0.1) is 0 Å². The fraction of sp³-hybridized carbons (Fsp3) is 0.391. The lowest BCUT2D eigenvalue weighted by molar-refractivity contribution is -0.131. The van der Waals surface area contributed by atoms with Crippen LogP contribution in [0.25, 0.3) is 0 Å². The maximum absolute atomic E-state index is 12.2. The third-order valence-corrected chi connectivity index (χ3v) is 5.07. The first-order valence-electron chi connectivity index (χ1n) is 9.88. The Kier molecular flexibility index (Phi) is 6.34. The van der Waals surface area contributed by atoms with Gasteiger partial charge in [0, 0.05) is 25.2 Å². The minimum absolute atomic E-state index is 0.0431. The number of anilines is 1. The normalized spacial score (nSPS) is 13.2. The van der Waals surface area contributed by atoms with Crippen LogP contribution >= 0.6 is 0 Å². The van der Waals surface area contributed by atoms with Crippen LogP contribution in [0.4, 0.5) is 5.69 Å². The Balaban J connectivity index is 1.56. The second-order valence-electron chi connectivity index (χ2n) is 7.46. The smallest absolute Gasteiger partial charge is 0.262 e. The summed E-state index contributed by atoms with van der Waals surface area (Å²) in [6, 6.07) is 13.7. The molecule has 0 aromatic heterocycles. The zero-order chi connectivity index (χ0) is 20.1. The van der Waals surface area contributed by atoms with Crippen molar-refractivity contribution < 1.29 is 14.3 Å². The maximum Gasteiger partial charge on any atom is 0.262 e. The number of nitrogens with one attached hydrogen (secondary N) is 1. The van der Waals surface area contributed by atoms with Crippen molar-refractivity contribution in [3.63, 3.8) is 0 Å². The summed E-state index contributed by atoms with van der Waals surface area (Å²) in [6.07, 6.45) is 1.37. The van der Waals surface area contributed by atoms with Crippen molar-refractivity contribution in [2.24, 2.45) is 0 Å². The molecule has 5 nitrogen and oxygen atoms in total. The van der Waals surface area contributed by atoms with Gasteiger partial charge in [-0.1, -0.05) is 39.0 Å². The Labute approximate surface area is 166 Å². The molecule has 0 radical (unpaired) electrons. The average Bonchev–Trinajstić information content (AvgIpc) is 2.71. The second-order valence-corrected chi connectivity index (χ2v) is 7.46. The van der Waals surface area contributed by atoms with Gasteiger partial charge in [-0.05, 0) is 53.3 Å². The lowest BCUT2D eigenvalue weighted by atomic mass is 9.99. The molecule has 0 fully saturated rings.